The average Bonchev–Trinajstić information content (AvgIpc) is 2.84. The number of nitrogens with zero attached hydrogens (tertiary/aromatic N) is 3. The van der Waals surface area contributed by atoms with Gasteiger partial charge in [-0.15, -0.1) is 0 Å². The molecule has 2 aromatic rings. The van der Waals surface area contributed by atoms with Gasteiger partial charge in [-0.05, 0) is 24.1 Å². The summed E-state index contributed by atoms with van der Waals surface area (Å²) in [4.78, 5) is 4.12. The van der Waals surface area contributed by atoms with Crippen LogP contribution in [0, 0.1) is 0 Å². The predicted octanol–water partition coefficient (Wildman–Crippen LogP) is -0.172. The molecule has 1 heterocycles. The van der Waals surface area contributed by atoms with Gasteiger partial charge in [-0.25, -0.2) is 18.1 Å². The van der Waals surface area contributed by atoms with Gasteiger partial charge in [-0.1, -0.05) is 12.1 Å². The number of aliphatic hydroxyl groups is 1. The minimum Gasteiger partial charge on any atom is -0.396 e. The van der Waals surface area contributed by atoms with Crippen LogP contribution >= 0.6 is 0 Å². The summed E-state index contributed by atoms with van der Waals surface area (Å²) in [6, 6.07) is 6.39. The van der Waals surface area contributed by atoms with E-state index in [0.29, 0.717) is 12.2 Å². The van der Waals surface area contributed by atoms with Crippen LogP contribution in [0.4, 0.5) is 0 Å². The lowest BCUT2D eigenvalue weighted by atomic mass is 10.2. The van der Waals surface area contributed by atoms with E-state index in [1.165, 1.54) is 23.1 Å². The fourth-order valence-electron chi connectivity index (χ4n) is 1.67. The van der Waals surface area contributed by atoms with Crippen LogP contribution < -0.4 is 4.72 Å². The molecule has 0 amide bonds. The van der Waals surface area contributed by atoms with Gasteiger partial charge in [0, 0.05) is 13.7 Å². The molecule has 0 aliphatic rings. The molecule has 20 heavy (non-hydrogen) atoms. The highest BCUT2D eigenvalue weighted by molar-refractivity contribution is 7.89. The molecule has 0 radical (unpaired) electrons. The van der Waals surface area contributed by atoms with Gasteiger partial charge in [0.15, 0.2) is 5.82 Å². The highest BCUT2D eigenvalue weighted by atomic mass is 32.2. The summed E-state index contributed by atoms with van der Waals surface area (Å²) < 4.78 is 28.1. The van der Waals surface area contributed by atoms with Crippen LogP contribution in [0.25, 0.3) is 0 Å². The maximum atomic E-state index is 12.1. The van der Waals surface area contributed by atoms with Crippen LogP contribution in [-0.4, -0.2) is 34.9 Å². The first-order valence-corrected chi connectivity index (χ1v) is 7.53. The summed E-state index contributed by atoms with van der Waals surface area (Å²) in [5.74, 6) is 0.410. The largest absolute Gasteiger partial charge is 0.396 e. The summed E-state index contributed by atoms with van der Waals surface area (Å²) >= 11 is 0. The molecule has 0 fully saturated rings. The van der Waals surface area contributed by atoms with Gasteiger partial charge in [0.2, 0.25) is 10.0 Å². The molecule has 1 aromatic carbocycles. The summed E-state index contributed by atoms with van der Waals surface area (Å²) in [5, 5.41) is 12.8. The number of sulfonamides is 1. The number of aromatic nitrogens is 3. The van der Waals surface area contributed by atoms with Crippen LogP contribution in [0.15, 0.2) is 35.5 Å². The van der Waals surface area contributed by atoms with Gasteiger partial charge in [0.25, 0.3) is 0 Å². The van der Waals surface area contributed by atoms with Crippen molar-refractivity contribution in [2.45, 2.75) is 17.9 Å². The number of aliphatic hydroxyl groups excluding tert-OH is 1. The summed E-state index contributed by atoms with van der Waals surface area (Å²) in [7, 11) is -1.87. The van der Waals surface area contributed by atoms with Crippen molar-refractivity contribution in [2.75, 3.05) is 6.61 Å². The zero-order chi connectivity index (χ0) is 14.6. The van der Waals surface area contributed by atoms with Crippen LogP contribution in [0.1, 0.15) is 11.4 Å². The Kier molecular flexibility index (Phi) is 4.48. The molecule has 108 valence electrons. The van der Waals surface area contributed by atoms with E-state index in [4.69, 9.17) is 5.11 Å². The van der Waals surface area contributed by atoms with Crippen LogP contribution in [-0.2, 0) is 30.0 Å². The van der Waals surface area contributed by atoms with Gasteiger partial charge >= 0.3 is 0 Å². The maximum absolute atomic E-state index is 12.1. The molecule has 0 saturated heterocycles. The molecule has 2 rings (SSSR count). The van der Waals surface area contributed by atoms with E-state index >= 15 is 0 Å². The molecule has 0 aliphatic heterocycles. The first-order valence-electron chi connectivity index (χ1n) is 6.05. The summed E-state index contributed by atoms with van der Waals surface area (Å²) in [6.07, 6.45) is 2.01. The van der Waals surface area contributed by atoms with Crippen molar-refractivity contribution in [3.63, 3.8) is 0 Å². The molecule has 7 nitrogen and oxygen atoms in total. The van der Waals surface area contributed by atoms with Gasteiger partial charge in [0.1, 0.15) is 6.33 Å². The third kappa shape index (κ3) is 3.62. The Labute approximate surface area is 117 Å². The minimum atomic E-state index is -3.58. The number of hydrogen-bond acceptors (Lipinski definition) is 5. The minimum absolute atomic E-state index is 0.0374. The van der Waals surface area contributed by atoms with Gasteiger partial charge < -0.3 is 5.11 Å². The SMILES string of the molecule is Cn1cnc(CNS(=O)(=O)c2ccc(CCO)cc2)n1. The fourth-order valence-corrected chi connectivity index (χ4v) is 2.65. The van der Waals surface area contributed by atoms with E-state index in [-0.39, 0.29) is 18.0 Å². The van der Waals surface area contributed by atoms with Crippen LogP contribution in [0.3, 0.4) is 0 Å². The standard InChI is InChI=1S/C12H16N4O3S/c1-16-9-13-12(15-16)8-14-20(18,19)11-4-2-10(3-5-11)6-7-17/h2-5,9,14,17H,6-8H2,1H3. The first-order chi connectivity index (χ1) is 9.51. The molecule has 0 saturated carbocycles. The average molecular weight is 296 g/mol. The lowest BCUT2D eigenvalue weighted by Gasteiger charge is -2.06. The number of rotatable bonds is 6. The molecular formula is C12H16N4O3S. The molecule has 0 bridgehead atoms. The van der Waals surface area contributed by atoms with Crippen molar-refractivity contribution < 1.29 is 13.5 Å². The Morgan fingerprint density at radius 1 is 1.30 bits per heavy atom. The molecule has 0 spiro atoms. The molecule has 0 atom stereocenters. The van der Waals surface area contributed by atoms with E-state index in [1.54, 1.807) is 19.2 Å². The Bertz CT molecular complexity index is 664. The molecule has 2 N–H and O–H groups in total. The van der Waals surface area contributed by atoms with Crippen molar-refractivity contribution in [1.82, 2.24) is 19.5 Å². The summed E-state index contributed by atoms with van der Waals surface area (Å²) in [5.41, 5.74) is 0.887. The second-order valence-corrected chi connectivity index (χ2v) is 6.04. The van der Waals surface area contributed by atoms with Crippen molar-refractivity contribution >= 4 is 10.0 Å². The maximum Gasteiger partial charge on any atom is 0.240 e. The third-order valence-electron chi connectivity index (χ3n) is 2.70. The molecular weight excluding hydrogens is 280 g/mol. The van der Waals surface area contributed by atoms with Gasteiger partial charge in [-0.3, -0.25) is 4.68 Å². The zero-order valence-corrected chi connectivity index (χ0v) is 11.8. The Morgan fingerprint density at radius 2 is 2.00 bits per heavy atom. The van der Waals surface area contributed by atoms with E-state index < -0.39 is 10.0 Å². The Morgan fingerprint density at radius 3 is 2.55 bits per heavy atom. The van der Waals surface area contributed by atoms with Crippen LogP contribution in [0.2, 0.25) is 0 Å². The van der Waals surface area contributed by atoms with E-state index in [0.717, 1.165) is 5.56 Å². The smallest absolute Gasteiger partial charge is 0.240 e. The quantitative estimate of drug-likeness (QED) is 0.771. The lowest BCUT2D eigenvalue weighted by Crippen LogP contribution is -2.24. The van der Waals surface area contributed by atoms with Gasteiger partial charge in [0.05, 0.1) is 11.4 Å². The van der Waals surface area contributed by atoms with E-state index in [2.05, 4.69) is 14.8 Å². The number of aryl methyl sites for hydroxylation is 1. The molecule has 1 aromatic heterocycles. The molecule has 0 aliphatic carbocycles. The predicted molar refractivity (Wildman–Crippen MR) is 72.3 cm³/mol. The highest BCUT2D eigenvalue weighted by Gasteiger charge is 2.14. The number of hydrogen-bond donors (Lipinski definition) is 2. The molecule has 8 heteroatoms. The Balaban J connectivity index is 2.05. The lowest BCUT2D eigenvalue weighted by molar-refractivity contribution is 0.299. The molecule has 0 unspecified atom stereocenters. The van der Waals surface area contributed by atoms with Crippen LogP contribution in [0.5, 0.6) is 0 Å². The van der Waals surface area contributed by atoms with Crippen molar-refractivity contribution in [2.24, 2.45) is 7.05 Å². The highest BCUT2D eigenvalue weighted by Crippen LogP contribution is 2.11. The second-order valence-electron chi connectivity index (χ2n) is 4.28. The monoisotopic (exact) mass is 296 g/mol. The Hall–Kier alpha value is -1.77. The van der Waals surface area contributed by atoms with E-state index in [9.17, 15) is 8.42 Å². The normalized spacial score (nSPS) is 11.7. The first kappa shape index (κ1) is 14.6. The van der Waals surface area contributed by atoms with Crippen molar-refractivity contribution in [1.29, 1.82) is 0 Å². The third-order valence-corrected chi connectivity index (χ3v) is 4.12. The summed E-state index contributed by atoms with van der Waals surface area (Å²) in [6.45, 7) is 0.0806. The second kappa shape index (κ2) is 6.12. The van der Waals surface area contributed by atoms with Gasteiger partial charge in [-0.2, -0.15) is 5.10 Å². The number of nitrogens with one attached hydrogen (secondary N) is 1. The van der Waals surface area contributed by atoms with Crippen molar-refractivity contribution in [3.8, 4) is 0 Å². The zero-order valence-electron chi connectivity index (χ0n) is 11.0. The fraction of sp³-hybridized carbons (Fsp3) is 0.333. The number of benzene rings is 1. The van der Waals surface area contributed by atoms with Crippen molar-refractivity contribution in [3.05, 3.63) is 42.0 Å². The topological polar surface area (TPSA) is 97.1 Å². The van der Waals surface area contributed by atoms with E-state index in [1.807, 2.05) is 0 Å².